The molecule has 152 valence electrons. The first kappa shape index (κ1) is 20.3. The van der Waals surface area contributed by atoms with Crippen LogP contribution in [0.1, 0.15) is 10.8 Å². The molecule has 0 fully saturated rings. The summed E-state index contributed by atoms with van der Waals surface area (Å²) in [6, 6.07) is 18.5. The Labute approximate surface area is 185 Å². The van der Waals surface area contributed by atoms with Crippen molar-refractivity contribution in [3.8, 4) is 28.7 Å². The van der Waals surface area contributed by atoms with Crippen molar-refractivity contribution >= 4 is 40.0 Å². The molecule has 0 saturated carbocycles. The number of aromatic nitrogens is 1. The van der Waals surface area contributed by atoms with Gasteiger partial charge in [-0.05, 0) is 18.2 Å². The van der Waals surface area contributed by atoms with Crippen LogP contribution in [0.15, 0.2) is 70.5 Å². The summed E-state index contributed by atoms with van der Waals surface area (Å²) in [7, 11) is 0. The van der Waals surface area contributed by atoms with E-state index in [0.29, 0.717) is 22.0 Å². The van der Waals surface area contributed by atoms with E-state index in [2.05, 4.69) is 4.98 Å². The van der Waals surface area contributed by atoms with E-state index in [1.54, 1.807) is 11.4 Å². The molecule has 0 saturated heterocycles. The Kier molecular flexibility index (Phi) is 5.54. The van der Waals surface area contributed by atoms with Gasteiger partial charge in [-0.15, -0.1) is 11.3 Å². The largest absolute Gasteiger partial charge is 0.503 e. The quantitative estimate of drug-likeness (QED) is 0.159. The number of hydrogen-bond acceptors (Lipinski definition) is 7. The van der Waals surface area contributed by atoms with Crippen LogP contribution in [-0.4, -0.2) is 15.0 Å². The van der Waals surface area contributed by atoms with E-state index in [1.165, 1.54) is 35.6 Å². The number of allylic oxidation sites excluding steroid dienone is 1. The normalized spacial score (nSPS) is 11.6. The van der Waals surface area contributed by atoms with Crippen LogP contribution in [-0.2, 0) is 0 Å². The number of rotatable bonds is 5. The first-order chi connectivity index (χ1) is 15.0. The molecule has 0 amide bonds. The van der Waals surface area contributed by atoms with Crippen LogP contribution in [0, 0.1) is 21.4 Å². The zero-order chi connectivity index (χ0) is 22.0. The molecule has 2 heterocycles. The number of nitriles is 1. The van der Waals surface area contributed by atoms with Gasteiger partial charge < -0.3 is 9.52 Å². The van der Waals surface area contributed by atoms with Gasteiger partial charge in [-0.2, -0.15) is 5.26 Å². The van der Waals surface area contributed by atoms with Crippen molar-refractivity contribution < 1.29 is 14.4 Å². The molecule has 0 aliphatic carbocycles. The highest BCUT2D eigenvalue weighted by atomic mass is 35.5. The molecular formula is C22H12ClN3O4S. The highest BCUT2D eigenvalue weighted by molar-refractivity contribution is 7.11. The SMILES string of the molecule is N#CC(=C(O)c1ccc(-c2ccc([N+](=O)[O-])cc2Cl)o1)c1nc(-c2ccccc2)cs1. The fraction of sp³-hybridized carbons (Fsp3) is 0. The Balaban J connectivity index is 1.68. The fourth-order valence-electron chi connectivity index (χ4n) is 2.88. The number of aliphatic hydroxyl groups is 1. The van der Waals surface area contributed by atoms with Crippen molar-refractivity contribution in [2.45, 2.75) is 0 Å². The smallest absolute Gasteiger partial charge is 0.270 e. The maximum absolute atomic E-state index is 10.9. The molecule has 31 heavy (non-hydrogen) atoms. The maximum Gasteiger partial charge on any atom is 0.270 e. The van der Waals surface area contributed by atoms with E-state index < -0.39 is 4.92 Å². The highest BCUT2D eigenvalue weighted by Gasteiger charge is 2.19. The third kappa shape index (κ3) is 4.05. The Bertz CT molecular complexity index is 1350. The topological polar surface area (TPSA) is 113 Å². The minimum atomic E-state index is -0.547. The van der Waals surface area contributed by atoms with E-state index in [9.17, 15) is 20.5 Å². The van der Waals surface area contributed by atoms with Crippen LogP contribution in [0.25, 0.3) is 33.9 Å². The number of nitrogens with zero attached hydrogens (tertiary/aromatic N) is 3. The molecule has 0 radical (unpaired) electrons. The molecule has 0 unspecified atom stereocenters. The van der Waals surface area contributed by atoms with Crippen LogP contribution in [0.3, 0.4) is 0 Å². The molecule has 9 heteroatoms. The second-order valence-corrected chi connectivity index (χ2v) is 7.59. The van der Waals surface area contributed by atoms with E-state index in [0.717, 1.165) is 5.56 Å². The van der Waals surface area contributed by atoms with E-state index in [-0.39, 0.29) is 27.8 Å². The van der Waals surface area contributed by atoms with Gasteiger partial charge in [0.2, 0.25) is 0 Å². The van der Waals surface area contributed by atoms with Crippen LogP contribution in [0.5, 0.6) is 0 Å². The van der Waals surface area contributed by atoms with Crippen LogP contribution >= 0.6 is 22.9 Å². The number of aliphatic hydroxyl groups excluding tert-OH is 1. The molecule has 7 nitrogen and oxygen atoms in total. The number of non-ortho nitro benzene ring substituents is 1. The van der Waals surface area contributed by atoms with Crippen molar-refractivity contribution in [2.75, 3.05) is 0 Å². The first-order valence-electron chi connectivity index (χ1n) is 8.87. The van der Waals surface area contributed by atoms with Gasteiger partial charge in [0.1, 0.15) is 22.4 Å². The van der Waals surface area contributed by atoms with Crippen molar-refractivity contribution in [1.29, 1.82) is 5.26 Å². The Hall–Kier alpha value is -3.93. The van der Waals surface area contributed by atoms with Crippen LogP contribution in [0.4, 0.5) is 5.69 Å². The van der Waals surface area contributed by atoms with Gasteiger partial charge >= 0.3 is 0 Å². The Morgan fingerprint density at radius 1 is 1.19 bits per heavy atom. The van der Waals surface area contributed by atoms with Crippen LogP contribution < -0.4 is 0 Å². The van der Waals surface area contributed by atoms with Crippen LogP contribution in [0.2, 0.25) is 5.02 Å². The number of halogens is 1. The molecule has 1 N–H and O–H groups in total. The number of thiazole rings is 1. The van der Waals surface area contributed by atoms with Crippen molar-refractivity contribution in [1.82, 2.24) is 4.98 Å². The van der Waals surface area contributed by atoms with Crippen molar-refractivity contribution in [3.05, 3.63) is 91.9 Å². The summed E-state index contributed by atoms with van der Waals surface area (Å²) in [5.41, 5.74) is 1.84. The average Bonchev–Trinajstić information content (AvgIpc) is 3.45. The first-order valence-corrected chi connectivity index (χ1v) is 10.1. The molecule has 4 aromatic rings. The summed E-state index contributed by atoms with van der Waals surface area (Å²) >= 11 is 7.38. The molecule has 2 aromatic carbocycles. The van der Waals surface area contributed by atoms with Gasteiger partial charge in [-0.25, -0.2) is 4.98 Å². The van der Waals surface area contributed by atoms with E-state index >= 15 is 0 Å². The zero-order valence-corrected chi connectivity index (χ0v) is 17.2. The third-order valence-electron chi connectivity index (χ3n) is 4.40. The molecule has 2 aromatic heterocycles. The number of furan rings is 1. The van der Waals surface area contributed by atoms with Gasteiger partial charge in [-0.1, -0.05) is 41.9 Å². The Morgan fingerprint density at radius 3 is 2.65 bits per heavy atom. The Morgan fingerprint density at radius 2 is 1.97 bits per heavy atom. The summed E-state index contributed by atoms with van der Waals surface area (Å²) in [6.45, 7) is 0. The lowest BCUT2D eigenvalue weighted by atomic mass is 10.1. The number of hydrogen-bond donors (Lipinski definition) is 1. The standard InChI is InChI=1S/C22H12ClN3O4S/c23-17-10-14(26(28)29)6-7-15(17)19-8-9-20(30-19)21(27)16(11-24)22-25-18(12-31-22)13-4-2-1-3-5-13/h1-10,12,27H. The van der Waals surface area contributed by atoms with Gasteiger partial charge in [0.05, 0.1) is 15.6 Å². The predicted octanol–water partition coefficient (Wildman–Crippen LogP) is 6.58. The second-order valence-electron chi connectivity index (χ2n) is 6.32. The van der Waals surface area contributed by atoms with Gasteiger partial charge in [0.15, 0.2) is 11.5 Å². The summed E-state index contributed by atoms with van der Waals surface area (Å²) in [4.78, 5) is 14.8. The minimum Gasteiger partial charge on any atom is -0.503 e. The number of nitro benzene ring substituents is 1. The predicted molar refractivity (Wildman–Crippen MR) is 118 cm³/mol. The molecule has 0 bridgehead atoms. The molecule has 4 rings (SSSR count). The van der Waals surface area contributed by atoms with Crippen molar-refractivity contribution in [3.63, 3.8) is 0 Å². The van der Waals surface area contributed by atoms with E-state index in [4.69, 9.17) is 16.0 Å². The van der Waals surface area contributed by atoms with Gasteiger partial charge in [0, 0.05) is 28.6 Å². The van der Waals surface area contributed by atoms with Gasteiger partial charge in [0.25, 0.3) is 5.69 Å². The van der Waals surface area contributed by atoms with E-state index in [1.807, 2.05) is 36.4 Å². The third-order valence-corrected chi connectivity index (χ3v) is 5.58. The van der Waals surface area contributed by atoms with Gasteiger partial charge in [-0.3, -0.25) is 10.1 Å². The molecule has 0 aliphatic heterocycles. The zero-order valence-electron chi connectivity index (χ0n) is 15.7. The highest BCUT2D eigenvalue weighted by Crippen LogP contribution is 2.35. The molecule has 0 spiro atoms. The maximum atomic E-state index is 10.9. The summed E-state index contributed by atoms with van der Waals surface area (Å²) in [5.74, 6) is -0.0129. The number of benzene rings is 2. The lowest BCUT2D eigenvalue weighted by Crippen LogP contribution is -1.89. The average molecular weight is 450 g/mol. The monoisotopic (exact) mass is 449 g/mol. The molecular weight excluding hydrogens is 438 g/mol. The minimum absolute atomic E-state index is 0.0251. The lowest BCUT2D eigenvalue weighted by molar-refractivity contribution is -0.384. The summed E-state index contributed by atoms with van der Waals surface area (Å²) in [6.07, 6.45) is 0. The fourth-order valence-corrected chi connectivity index (χ4v) is 3.97. The van der Waals surface area contributed by atoms with Crippen molar-refractivity contribution in [2.24, 2.45) is 0 Å². The lowest BCUT2D eigenvalue weighted by Gasteiger charge is -2.02. The summed E-state index contributed by atoms with van der Waals surface area (Å²) < 4.78 is 5.67. The number of nitro groups is 1. The second kappa shape index (κ2) is 8.44. The summed E-state index contributed by atoms with van der Waals surface area (Å²) in [5, 5.41) is 33.4. The molecule has 0 aliphatic rings. The molecule has 0 atom stereocenters.